The number of carbonyl (C=O) groups is 1. The second-order valence-corrected chi connectivity index (χ2v) is 3.93. The molecule has 1 heterocycles. The predicted octanol–water partition coefficient (Wildman–Crippen LogP) is -0.112. The van der Waals surface area contributed by atoms with Gasteiger partial charge in [0.15, 0.2) is 0 Å². The molecule has 0 spiro atoms. The minimum atomic E-state index is 0.228. The molecule has 1 atom stereocenters. The van der Waals surface area contributed by atoms with Gasteiger partial charge in [-0.2, -0.15) is 0 Å². The van der Waals surface area contributed by atoms with Crippen LogP contribution in [0, 0.1) is 0 Å². The smallest absolute Gasteiger partial charge is 0.236 e. The fourth-order valence-corrected chi connectivity index (χ4v) is 1.93. The molecule has 1 aliphatic rings. The monoisotopic (exact) mass is 199 g/mol. The molecule has 14 heavy (non-hydrogen) atoms. The van der Waals surface area contributed by atoms with Crippen molar-refractivity contribution in [2.75, 3.05) is 33.2 Å². The minimum Gasteiger partial charge on any atom is -0.343 e. The molecule has 0 saturated carbocycles. The van der Waals surface area contributed by atoms with Gasteiger partial charge in [0, 0.05) is 26.2 Å². The summed E-state index contributed by atoms with van der Waals surface area (Å²) >= 11 is 0. The molecule has 0 bridgehead atoms. The van der Waals surface area contributed by atoms with Gasteiger partial charge >= 0.3 is 0 Å². The van der Waals surface area contributed by atoms with Crippen LogP contribution < -0.4 is 5.73 Å². The lowest BCUT2D eigenvalue weighted by molar-refractivity contribution is -0.135. The first-order valence-electron chi connectivity index (χ1n) is 5.37. The number of piperazine rings is 1. The number of hydrogen-bond donors (Lipinski definition) is 1. The molecule has 0 aromatic carbocycles. The average molecular weight is 199 g/mol. The molecule has 1 amide bonds. The Labute approximate surface area is 86.0 Å². The van der Waals surface area contributed by atoms with E-state index in [1.807, 2.05) is 7.05 Å². The normalized spacial score (nSPS) is 21.4. The standard InChI is InChI=1S/C10H21N3O/c1-3-9(4-5-11)13-7-6-12(2)10(14)8-13/h9H,3-8,11H2,1-2H3. The highest BCUT2D eigenvalue weighted by molar-refractivity contribution is 5.78. The Kier molecular flexibility index (Phi) is 4.35. The molecule has 0 aliphatic carbocycles. The summed E-state index contributed by atoms with van der Waals surface area (Å²) in [6.45, 7) is 5.26. The summed E-state index contributed by atoms with van der Waals surface area (Å²) in [6, 6.07) is 0.484. The Bertz CT molecular complexity index is 196. The summed E-state index contributed by atoms with van der Waals surface area (Å²) < 4.78 is 0. The zero-order valence-corrected chi connectivity index (χ0v) is 9.20. The lowest BCUT2D eigenvalue weighted by atomic mass is 10.1. The quantitative estimate of drug-likeness (QED) is 0.687. The number of rotatable bonds is 4. The van der Waals surface area contributed by atoms with E-state index in [4.69, 9.17) is 5.73 Å². The molecule has 1 rings (SSSR count). The Morgan fingerprint density at radius 2 is 2.21 bits per heavy atom. The largest absolute Gasteiger partial charge is 0.343 e. The van der Waals surface area contributed by atoms with Gasteiger partial charge in [0.05, 0.1) is 6.54 Å². The van der Waals surface area contributed by atoms with E-state index in [1.54, 1.807) is 4.90 Å². The second-order valence-electron chi connectivity index (χ2n) is 3.93. The summed E-state index contributed by atoms with van der Waals surface area (Å²) in [7, 11) is 1.86. The van der Waals surface area contributed by atoms with Crippen LogP contribution in [0.2, 0.25) is 0 Å². The zero-order chi connectivity index (χ0) is 10.6. The maximum atomic E-state index is 11.5. The van der Waals surface area contributed by atoms with E-state index in [1.165, 1.54) is 0 Å². The van der Waals surface area contributed by atoms with Gasteiger partial charge in [0.25, 0.3) is 0 Å². The van der Waals surface area contributed by atoms with Crippen molar-refractivity contribution < 1.29 is 4.79 Å². The maximum absolute atomic E-state index is 11.5. The molecular formula is C10H21N3O. The predicted molar refractivity (Wildman–Crippen MR) is 57.0 cm³/mol. The lowest BCUT2D eigenvalue weighted by Crippen LogP contribution is -2.52. The summed E-state index contributed by atoms with van der Waals surface area (Å²) in [5, 5.41) is 0. The van der Waals surface area contributed by atoms with Gasteiger partial charge in [-0.05, 0) is 19.4 Å². The number of carbonyl (C=O) groups excluding carboxylic acids is 1. The van der Waals surface area contributed by atoms with Crippen LogP contribution >= 0.6 is 0 Å². The van der Waals surface area contributed by atoms with Crippen molar-refractivity contribution in [3.05, 3.63) is 0 Å². The SMILES string of the molecule is CCC(CCN)N1CCN(C)C(=O)C1. The second kappa shape index (κ2) is 5.32. The summed E-state index contributed by atoms with van der Waals surface area (Å²) in [5.41, 5.74) is 5.55. The first-order chi connectivity index (χ1) is 6.69. The molecule has 1 aliphatic heterocycles. The highest BCUT2D eigenvalue weighted by atomic mass is 16.2. The van der Waals surface area contributed by atoms with E-state index >= 15 is 0 Å². The average Bonchev–Trinajstić information content (AvgIpc) is 2.19. The van der Waals surface area contributed by atoms with E-state index in [2.05, 4.69) is 11.8 Å². The maximum Gasteiger partial charge on any atom is 0.236 e. The van der Waals surface area contributed by atoms with Gasteiger partial charge in [0.2, 0.25) is 5.91 Å². The van der Waals surface area contributed by atoms with Crippen molar-refractivity contribution in [3.8, 4) is 0 Å². The van der Waals surface area contributed by atoms with Gasteiger partial charge in [0.1, 0.15) is 0 Å². The highest BCUT2D eigenvalue weighted by Crippen LogP contribution is 2.11. The molecule has 0 aromatic heterocycles. The minimum absolute atomic E-state index is 0.228. The molecule has 0 radical (unpaired) electrons. The molecular weight excluding hydrogens is 178 g/mol. The summed E-state index contributed by atoms with van der Waals surface area (Å²) in [5.74, 6) is 0.228. The Morgan fingerprint density at radius 3 is 2.71 bits per heavy atom. The van der Waals surface area contributed by atoms with Crippen molar-refractivity contribution in [1.82, 2.24) is 9.80 Å². The van der Waals surface area contributed by atoms with Crippen molar-refractivity contribution in [2.45, 2.75) is 25.8 Å². The highest BCUT2D eigenvalue weighted by Gasteiger charge is 2.25. The fourth-order valence-electron chi connectivity index (χ4n) is 1.93. The van der Waals surface area contributed by atoms with Crippen LogP contribution in [0.25, 0.3) is 0 Å². The summed E-state index contributed by atoms with van der Waals surface area (Å²) in [6.07, 6.45) is 2.07. The van der Waals surface area contributed by atoms with Crippen LogP contribution in [0.4, 0.5) is 0 Å². The number of hydrogen-bond acceptors (Lipinski definition) is 3. The van der Waals surface area contributed by atoms with Crippen LogP contribution in [0.1, 0.15) is 19.8 Å². The van der Waals surface area contributed by atoms with E-state index in [0.29, 0.717) is 19.1 Å². The molecule has 1 unspecified atom stereocenters. The molecule has 4 heteroatoms. The van der Waals surface area contributed by atoms with Gasteiger partial charge in [-0.15, -0.1) is 0 Å². The summed E-state index contributed by atoms with van der Waals surface area (Å²) in [4.78, 5) is 15.5. The van der Waals surface area contributed by atoms with Gasteiger partial charge < -0.3 is 10.6 Å². The van der Waals surface area contributed by atoms with Crippen LogP contribution in [0.5, 0.6) is 0 Å². The number of nitrogens with two attached hydrogens (primary N) is 1. The van der Waals surface area contributed by atoms with Gasteiger partial charge in [-0.3, -0.25) is 9.69 Å². The molecule has 2 N–H and O–H groups in total. The Hall–Kier alpha value is -0.610. The first kappa shape index (κ1) is 11.5. The van der Waals surface area contributed by atoms with Crippen molar-refractivity contribution in [3.63, 3.8) is 0 Å². The molecule has 82 valence electrons. The van der Waals surface area contributed by atoms with Crippen LogP contribution in [-0.2, 0) is 4.79 Å². The molecule has 1 saturated heterocycles. The van der Waals surface area contributed by atoms with Crippen LogP contribution in [0.15, 0.2) is 0 Å². The Morgan fingerprint density at radius 1 is 1.50 bits per heavy atom. The number of nitrogens with zero attached hydrogens (tertiary/aromatic N) is 2. The van der Waals surface area contributed by atoms with Crippen LogP contribution in [0.3, 0.4) is 0 Å². The van der Waals surface area contributed by atoms with Crippen LogP contribution in [-0.4, -0.2) is 55.0 Å². The third-order valence-corrected chi connectivity index (χ3v) is 2.97. The zero-order valence-electron chi connectivity index (χ0n) is 9.20. The van der Waals surface area contributed by atoms with Crippen molar-refractivity contribution in [2.24, 2.45) is 5.73 Å². The molecule has 1 fully saturated rings. The lowest BCUT2D eigenvalue weighted by Gasteiger charge is -2.37. The molecule has 0 aromatic rings. The third kappa shape index (κ3) is 2.69. The third-order valence-electron chi connectivity index (χ3n) is 2.97. The van der Waals surface area contributed by atoms with Gasteiger partial charge in [-0.1, -0.05) is 6.92 Å². The van der Waals surface area contributed by atoms with Crippen molar-refractivity contribution >= 4 is 5.91 Å². The van der Waals surface area contributed by atoms with E-state index in [0.717, 1.165) is 25.9 Å². The van der Waals surface area contributed by atoms with Gasteiger partial charge in [-0.25, -0.2) is 0 Å². The fraction of sp³-hybridized carbons (Fsp3) is 0.900. The number of amides is 1. The van der Waals surface area contributed by atoms with Crippen molar-refractivity contribution in [1.29, 1.82) is 0 Å². The number of likely N-dealkylation sites (N-methyl/N-ethyl adjacent to an activating group) is 1. The first-order valence-corrected chi connectivity index (χ1v) is 5.37. The molecule has 4 nitrogen and oxygen atoms in total. The Balaban J connectivity index is 2.47. The topological polar surface area (TPSA) is 49.6 Å². The van der Waals surface area contributed by atoms with E-state index in [9.17, 15) is 4.79 Å². The van der Waals surface area contributed by atoms with E-state index in [-0.39, 0.29) is 5.91 Å². The van der Waals surface area contributed by atoms with E-state index < -0.39 is 0 Å².